The van der Waals surface area contributed by atoms with Crippen molar-refractivity contribution in [2.45, 2.75) is 39.7 Å². The Bertz CT molecular complexity index is 525. The molecule has 1 aromatic carbocycles. The Morgan fingerprint density at radius 1 is 1.24 bits per heavy atom. The fourth-order valence-corrected chi connectivity index (χ4v) is 2.74. The average molecular weight is 288 g/mol. The Morgan fingerprint density at radius 2 is 1.95 bits per heavy atom. The number of carbonyl (C=O) groups is 2. The summed E-state index contributed by atoms with van der Waals surface area (Å²) in [5.74, 6) is 0.135. The topological polar surface area (TPSA) is 40.6 Å². The molecule has 2 amide bonds. The molecule has 4 nitrogen and oxygen atoms in total. The summed E-state index contributed by atoms with van der Waals surface area (Å²) >= 11 is 0. The van der Waals surface area contributed by atoms with Gasteiger partial charge in [-0.1, -0.05) is 24.3 Å². The first-order chi connectivity index (χ1) is 9.99. The SMILES string of the molecule is Cc1ccccc1CCC(=O)N1CCN(C(C)C)C(=O)C1. The summed E-state index contributed by atoms with van der Waals surface area (Å²) in [6.07, 6.45) is 1.21. The summed E-state index contributed by atoms with van der Waals surface area (Å²) in [6, 6.07) is 8.33. The second-order valence-corrected chi connectivity index (χ2v) is 5.92. The first-order valence-electron chi connectivity index (χ1n) is 7.61. The summed E-state index contributed by atoms with van der Waals surface area (Å²) in [6.45, 7) is 7.60. The van der Waals surface area contributed by atoms with Crippen LogP contribution in [-0.4, -0.2) is 47.3 Å². The van der Waals surface area contributed by atoms with Crippen molar-refractivity contribution in [2.75, 3.05) is 19.6 Å². The van der Waals surface area contributed by atoms with E-state index in [2.05, 4.69) is 19.1 Å². The van der Waals surface area contributed by atoms with Crippen molar-refractivity contribution in [1.82, 2.24) is 9.80 Å². The van der Waals surface area contributed by atoms with E-state index in [0.717, 1.165) is 6.42 Å². The van der Waals surface area contributed by atoms with Crippen LogP contribution in [0.4, 0.5) is 0 Å². The van der Waals surface area contributed by atoms with E-state index in [1.807, 2.05) is 30.9 Å². The molecule has 2 rings (SSSR count). The molecule has 0 N–H and O–H groups in total. The van der Waals surface area contributed by atoms with Gasteiger partial charge in [-0.15, -0.1) is 0 Å². The molecule has 0 aliphatic carbocycles. The number of hydrogen-bond donors (Lipinski definition) is 0. The second-order valence-electron chi connectivity index (χ2n) is 5.92. The van der Waals surface area contributed by atoms with Crippen LogP contribution in [0.25, 0.3) is 0 Å². The minimum absolute atomic E-state index is 0.0560. The number of carbonyl (C=O) groups excluding carboxylic acids is 2. The van der Waals surface area contributed by atoms with Gasteiger partial charge in [0, 0.05) is 25.6 Å². The van der Waals surface area contributed by atoms with Gasteiger partial charge in [0.05, 0.1) is 6.54 Å². The van der Waals surface area contributed by atoms with E-state index in [4.69, 9.17) is 0 Å². The number of piperazine rings is 1. The van der Waals surface area contributed by atoms with Crippen molar-refractivity contribution in [3.8, 4) is 0 Å². The summed E-state index contributed by atoms with van der Waals surface area (Å²) in [5.41, 5.74) is 2.42. The molecule has 0 aromatic heterocycles. The van der Waals surface area contributed by atoms with E-state index < -0.39 is 0 Å². The number of aryl methyl sites for hydroxylation is 2. The van der Waals surface area contributed by atoms with Crippen molar-refractivity contribution >= 4 is 11.8 Å². The monoisotopic (exact) mass is 288 g/mol. The van der Waals surface area contributed by atoms with Gasteiger partial charge in [0.25, 0.3) is 0 Å². The molecule has 114 valence electrons. The van der Waals surface area contributed by atoms with E-state index in [-0.39, 0.29) is 24.4 Å². The predicted molar refractivity (Wildman–Crippen MR) is 82.9 cm³/mol. The zero-order valence-electron chi connectivity index (χ0n) is 13.1. The molecule has 0 saturated carbocycles. The first kappa shape index (κ1) is 15.5. The summed E-state index contributed by atoms with van der Waals surface area (Å²) < 4.78 is 0. The van der Waals surface area contributed by atoms with Crippen LogP contribution in [0, 0.1) is 6.92 Å². The van der Waals surface area contributed by atoms with E-state index in [9.17, 15) is 9.59 Å². The van der Waals surface area contributed by atoms with Gasteiger partial charge < -0.3 is 9.80 Å². The third-order valence-electron chi connectivity index (χ3n) is 4.10. The van der Waals surface area contributed by atoms with Crippen LogP contribution in [0.1, 0.15) is 31.4 Å². The van der Waals surface area contributed by atoms with Crippen LogP contribution < -0.4 is 0 Å². The van der Waals surface area contributed by atoms with Crippen LogP contribution in [0.3, 0.4) is 0 Å². The lowest BCUT2D eigenvalue weighted by Gasteiger charge is -2.36. The lowest BCUT2D eigenvalue weighted by Crippen LogP contribution is -2.54. The largest absolute Gasteiger partial charge is 0.337 e. The summed E-state index contributed by atoms with van der Waals surface area (Å²) in [5, 5.41) is 0. The Hall–Kier alpha value is -1.84. The van der Waals surface area contributed by atoms with E-state index in [1.165, 1.54) is 11.1 Å². The maximum absolute atomic E-state index is 12.3. The highest BCUT2D eigenvalue weighted by molar-refractivity contribution is 5.86. The maximum Gasteiger partial charge on any atom is 0.242 e. The molecule has 0 radical (unpaired) electrons. The quantitative estimate of drug-likeness (QED) is 0.850. The van der Waals surface area contributed by atoms with E-state index in [0.29, 0.717) is 19.5 Å². The highest BCUT2D eigenvalue weighted by Crippen LogP contribution is 2.13. The molecule has 1 aliphatic rings. The minimum Gasteiger partial charge on any atom is -0.337 e. The van der Waals surface area contributed by atoms with Gasteiger partial charge in [0.1, 0.15) is 0 Å². The molecular weight excluding hydrogens is 264 g/mol. The highest BCUT2D eigenvalue weighted by atomic mass is 16.2. The molecule has 1 aliphatic heterocycles. The average Bonchev–Trinajstić information content (AvgIpc) is 2.45. The molecule has 4 heteroatoms. The molecule has 1 fully saturated rings. The Morgan fingerprint density at radius 3 is 2.57 bits per heavy atom. The highest BCUT2D eigenvalue weighted by Gasteiger charge is 2.28. The molecule has 0 unspecified atom stereocenters. The number of nitrogens with zero attached hydrogens (tertiary/aromatic N) is 2. The van der Waals surface area contributed by atoms with Crippen LogP contribution in [0.5, 0.6) is 0 Å². The maximum atomic E-state index is 12.3. The van der Waals surface area contributed by atoms with E-state index in [1.54, 1.807) is 4.90 Å². The van der Waals surface area contributed by atoms with Crippen LogP contribution in [-0.2, 0) is 16.0 Å². The van der Waals surface area contributed by atoms with Gasteiger partial charge in [-0.2, -0.15) is 0 Å². The number of amides is 2. The summed E-state index contributed by atoms with van der Waals surface area (Å²) in [4.78, 5) is 27.8. The smallest absolute Gasteiger partial charge is 0.242 e. The molecule has 1 heterocycles. The lowest BCUT2D eigenvalue weighted by molar-refractivity contribution is -0.146. The minimum atomic E-state index is 0.0560. The van der Waals surface area contributed by atoms with Crippen molar-refractivity contribution < 1.29 is 9.59 Å². The third kappa shape index (κ3) is 3.84. The van der Waals surface area contributed by atoms with Gasteiger partial charge in [-0.05, 0) is 38.3 Å². The second kappa shape index (κ2) is 6.74. The number of benzene rings is 1. The van der Waals surface area contributed by atoms with Gasteiger partial charge >= 0.3 is 0 Å². The molecule has 1 aromatic rings. The number of hydrogen-bond acceptors (Lipinski definition) is 2. The Kier molecular flexibility index (Phi) is 4.99. The Labute approximate surface area is 126 Å². The Balaban J connectivity index is 1.88. The molecule has 0 bridgehead atoms. The molecule has 1 saturated heterocycles. The third-order valence-corrected chi connectivity index (χ3v) is 4.10. The van der Waals surface area contributed by atoms with Crippen molar-refractivity contribution in [2.24, 2.45) is 0 Å². The standard InChI is InChI=1S/C17H24N2O2/c1-13(2)19-11-10-18(12-17(19)21)16(20)9-8-15-7-5-4-6-14(15)3/h4-7,13H,8-12H2,1-3H3. The normalized spacial score (nSPS) is 15.7. The number of rotatable bonds is 4. The van der Waals surface area contributed by atoms with Crippen LogP contribution >= 0.6 is 0 Å². The van der Waals surface area contributed by atoms with Gasteiger partial charge in [-0.25, -0.2) is 0 Å². The van der Waals surface area contributed by atoms with Gasteiger partial charge in [0.2, 0.25) is 11.8 Å². The van der Waals surface area contributed by atoms with E-state index >= 15 is 0 Å². The lowest BCUT2D eigenvalue weighted by atomic mass is 10.0. The zero-order valence-corrected chi connectivity index (χ0v) is 13.1. The fraction of sp³-hybridized carbons (Fsp3) is 0.529. The van der Waals surface area contributed by atoms with Crippen LogP contribution in [0.15, 0.2) is 24.3 Å². The van der Waals surface area contributed by atoms with Gasteiger partial charge in [-0.3, -0.25) is 9.59 Å². The summed E-state index contributed by atoms with van der Waals surface area (Å²) in [7, 11) is 0. The van der Waals surface area contributed by atoms with Crippen molar-refractivity contribution in [1.29, 1.82) is 0 Å². The zero-order chi connectivity index (χ0) is 15.4. The van der Waals surface area contributed by atoms with Crippen molar-refractivity contribution in [3.05, 3.63) is 35.4 Å². The first-order valence-corrected chi connectivity index (χ1v) is 7.61. The van der Waals surface area contributed by atoms with Crippen LogP contribution in [0.2, 0.25) is 0 Å². The molecule has 0 atom stereocenters. The molecule has 21 heavy (non-hydrogen) atoms. The van der Waals surface area contributed by atoms with Crippen molar-refractivity contribution in [3.63, 3.8) is 0 Å². The molecular formula is C17H24N2O2. The predicted octanol–water partition coefficient (Wildman–Crippen LogP) is 2.01. The van der Waals surface area contributed by atoms with Gasteiger partial charge in [0.15, 0.2) is 0 Å². The molecule has 0 spiro atoms. The fourth-order valence-electron chi connectivity index (χ4n) is 2.74.